The average Bonchev–Trinajstić information content (AvgIpc) is 2.64. The number of hydrogen-bond donors (Lipinski definition) is 0. The molecule has 0 N–H and O–H groups in total. The monoisotopic (exact) mass is 250 g/mol. The standard InChI is InChI=1S/C18H18O/c1-11-7-5-9-14-16(11)17-12(2)8-6-10-15(17)18(14,4)13(3)19/h5-10H,1-4H3. The summed E-state index contributed by atoms with van der Waals surface area (Å²) in [7, 11) is 0. The number of aryl methyl sites for hydroxylation is 2. The average molecular weight is 250 g/mol. The van der Waals surface area contributed by atoms with Crippen LogP contribution in [0.15, 0.2) is 36.4 Å². The second kappa shape index (κ2) is 3.80. The lowest BCUT2D eigenvalue weighted by Crippen LogP contribution is -2.29. The molecule has 3 rings (SSSR count). The van der Waals surface area contributed by atoms with Crippen LogP contribution in [0.5, 0.6) is 0 Å². The second-order valence-electron chi connectivity index (χ2n) is 5.68. The molecule has 1 aliphatic carbocycles. The molecule has 0 radical (unpaired) electrons. The lowest BCUT2D eigenvalue weighted by molar-refractivity contribution is -0.120. The zero-order chi connectivity index (χ0) is 13.8. The van der Waals surface area contributed by atoms with Crippen molar-refractivity contribution in [3.8, 4) is 11.1 Å². The SMILES string of the molecule is CC(=O)C1(C)c2cccc(C)c2-c2c(C)cccc21. The van der Waals surface area contributed by atoms with Crippen LogP contribution in [0.2, 0.25) is 0 Å². The van der Waals surface area contributed by atoms with Crippen LogP contribution < -0.4 is 0 Å². The van der Waals surface area contributed by atoms with E-state index in [4.69, 9.17) is 0 Å². The molecule has 0 aromatic heterocycles. The molecule has 0 saturated heterocycles. The van der Waals surface area contributed by atoms with Crippen LogP contribution in [0.4, 0.5) is 0 Å². The van der Waals surface area contributed by atoms with Crippen molar-refractivity contribution < 1.29 is 4.79 Å². The molecule has 0 fully saturated rings. The highest BCUT2D eigenvalue weighted by Gasteiger charge is 2.43. The molecule has 0 saturated carbocycles. The molecule has 0 bridgehead atoms. The molecular weight excluding hydrogens is 232 g/mol. The summed E-state index contributed by atoms with van der Waals surface area (Å²) in [5, 5.41) is 0. The van der Waals surface area contributed by atoms with E-state index >= 15 is 0 Å². The van der Waals surface area contributed by atoms with Gasteiger partial charge in [-0.3, -0.25) is 4.79 Å². The molecule has 0 spiro atoms. The Kier molecular flexibility index (Phi) is 2.43. The van der Waals surface area contributed by atoms with Gasteiger partial charge >= 0.3 is 0 Å². The van der Waals surface area contributed by atoms with Crippen molar-refractivity contribution in [1.29, 1.82) is 0 Å². The molecule has 0 atom stereocenters. The van der Waals surface area contributed by atoms with Gasteiger partial charge in [-0.1, -0.05) is 36.4 Å². The molecule has 1 nitrogen and oxygen atoms in total. The summed E-state index contributed by atoms with van der Waals surface area (Å²) in [6.45, 7) is 8.00. The number of carbonyl (C=O) groups excluding carboxylic acids is 1. The number of ketones is 1. The highest BCUT2D eigenvalue weighted by molar-refractivity contribution is 6.01. The van der Waals surface area contributed by atoms with Gasteiger partial charge in [0.2, 0.25) is 0 Å². The Morgan fingerprint density at radius 3 is 1.68 bits per heavy atom. The van der Waals surface area contributed by atoms with Gasteiger partial charge in [0, 0.05) is 0 Å². The summed E-state index contributed by atoms with van der Waals surface area (Å²) in [6, 6.07) is 12.6. The highest BCUT2D eigenvalue weighted by atomic mass is 16.1. The molecule has 96 valence electrons. The largest absolute Gasteiger partial charge is 0.299 e. The molecule has 0 unspecified atom stereocenters. The van der Waals surface area contributed by atoms with Gasteiger partial charge < -0.3 is 0 Å². The zero-order valence-corrected chi connectivity index (χ0v) is 11.9. The molecule has 2 aromatic rings. The van der Waals surface area contributed by atoms with E-state index in [2.05, 4.69) is 57.2 Å². The van der Waals surface area contributed by atoms with Crippen LogP contribution in [0.1, 0.15) is 36.1 Å². The summed E-state index contributed by atoms with van der Waals surface area (Å²) < 4.78 is 0. The second-order valence-corrected chi connectivity index (χ2v) is 5.68. The van der Waals surface area contributed by atoms with Gasteiger partial charge in [-0.05, 0) is 61.1 Å². The Labute approximate surface area is 114 Å². The van der Waals surface area contributed by atoms with Crippen LogP contribution in [-0.4, -0.2) is 5.78 Å². The first-order valence-corrected chi connectivity index (χ1v) is 6.69. The smallest absolute Gasteiger partial charge is 0.144 e. The van der Waals surface area contributed by atoms with Gasteiger partial charge in [0.25, 0.3) is 0 Å². The third kappa shape index (κ3) is 1.39. The lowest BCUT2D eigenvalue weighted by Gasteiger charge is -2.24. The Morgan fingerprint density at radius 1 is 0.895 bits per heavy atom. The van der Waals surface area contributed by atoms with Crippen molar-refractivity contribution in [2.45, 2.75) is 33.1 Å². The number of hydrogen-bond acceptors (Lipinski definition) is 1. The van der Waals surface area contributed by atoms with E-state index in [1.54, 1.807) is 6.92 Å². The number of carbonyl (C=O) groups is 1. The van der Waals surface area contributed by atoms with Crippen molar-refractivity contribution in [2.24, 2.45) is 0 Å². The first-order valence-electron chi connectivity index (χ1n) is 6.69. The van der Waals surface area contributed by atoms with Gasteiger partial charge in [-0.25, -0.2) is 0 Å². The van der Waals surface area contributed by atoms with E-state index in [0.29, 0.717) is 0 Å². The highest BCUT2D eigenvalue weighted by Crippen LogP contribution is 2.51. The minimum absolute atomic E-state index is 0.212. The predicted octanol–water partition coefficient (Wildman–Crippen LogP) is 4.18. The summed E-state index contributed by atoms with van der Waals surface area (Å²) in [5.41, 5.74) is 6.83. The Balaban J connectivity index is 2.51. The van der Waals surface area contributed by atoms with Crippen LogP contribution in [0.3, 0.4) is 0 Å². The lowest BCUT2D eigenvalue weighted by atomic mass is 9.77. The maximum atomic E-state index is 12.3. The molecule has 19 heavy (non-hydrogen) atoms. The quantitative estimate of drug-likeness (QED) is 0.742. The third-order valence-corrected chi connectivity index (χ3v) is 4.58. The van der Waals surface area contributed by atoms with E-state index in [-0.39, 0.29) is 5.78 Å². The summed E-state index contributed by atoms with van der Waals surface area (Å²) in [5.74, 6) is 0.212. The fourth-order valence-corrected chi connectivity index (χ4v) is 3.36. The van der Waals surface area contributed by atoms with Crippen molar-refractivity contribution >= 4 is 5.78 Å². The van der Waals surface area contributed by atoms with E-state index in [1.807, 2.05) is 0 Å². The number of fused-ring (bicyclic) bond motifs is 3. The molecule has 1 aliphatic rings. The van der Waals surface area contributed by atoms with Crippen LogP contribution in [0, 0.1) is 13.8 Å². The molecule has 0 aliphatic heterocycles. The van der Waals surface area contributed by atoms with E-state index < -0.39 is 5.41 Å². The fraction of sp³-hybridized carbons (Fsp3) is 0.278. The summed E-state index contributed by atoms with van der Waals surface area (Å²) >= 11 is 0. The van der Waals surface area contributed by atoms with Crippen molar-refractivity contribution in [3.05, 3.63) is 58.7 Å². The molecule has 0 amide bonds. The fourth-order valence-electron chi connectivity index (χ4n) is 3.36. The first-order chi connectivity index (χ1) is 8.98. The first kappa shape index (κ1) is 12.2. The number of rotatable bonds is 1. The number of benzene rings is 2. The third-order valence-electron chi connectivity index (χ3n) is 4.58. The predicted molar refractivity (Wildman–Crippen MR) is 78.5 cm³/mol. The Bertz CT molecular complexity index is 643. The van der Waals surface area contributed by atoms with Crippen molar-refractivity contribution in [1.82, 2.24) is 0 Å². The van der Waals surface area contributed by atoms with Gasteiger partial charge in [0.15, 0.2) is 0 Å². The normalized spacial score (nSPS) is 14.9. The van der Waals surface area contributed by atoms with Gasteiger partial charge in [0.1, 0.15) is 5.78 Å². The molecular formula is C18H18O. The minimum atomic E-state index is -0.497. The molecule has 1 heteroatoms. The van der Waals surface area contributed by atoms with Gasteiger partial charge in [-0.15, -0.1) is 0 Å². The van der Waals surface area contributed by atoms with E-state index in [1.165, 1.54) is 22.3 Å². The zero-order valence-electron chi connectivity index (χ0n) is 11.9. The maximum Gasteiger partial charge on any atom is 0.144 e. The molecule has 2 aromatic carbocycles. The van der Waals surface area contributed by atoms with Crippen molar-refractivity contribution in [3.63, 3.8) is 0 Å². The van der Waals surface area contributed by atoms with Gasteiger partial charge in [0.05, 0.1) is 5.41 Å². The van der Waals surface area contributed by atoms with E-state index in [9.17, 15) is 4.79 Å². The maximum absolute atomic E-state index is 12.3. The summed E-state index contributed by atoms with van der Waals surface area (Å²) in [6.07, 6.45) is 0. The van der Waals surface area contributed by atoms with Gasteiger partial charge in [-0.2, -0.15) is 0 Å². The van der Waals surface area contributed by atoms with Crippen molar-refractivity contribution in [2.75, 3.05) is 0 Å². The topological polar surface area (TPSA) is 17.1 Å². The summed E-state index contributed by atoms with van der Waals surface area (Å²) in [4.78, 5) is 12.3. The minimum Gasteiger partial charge on any atom is -0.299 e. The van der Waals surface area contributed by atoms with Crippen LogP contribution >= 0.6 is 0 Å². The van der Waals surface area contributed by atoms with Crippen LogP contribution in [0.25, 0.3) is 11.1 Å². The Hall–Kier alpha value is -1.89. The molecule has 0 heterocycles. The number of Topliss-reactive ketones (excluding diaryl/α,β-unsaturated/α-hetero) is 1. The van der Waals surface area contributed by atoms with Crippen LogP contribution in [-0.2, 0) is 10.2 Å². The van der Waals surface area contributed by atoms with E-state index in [0.717, 1.165) is 11.1 Å². The Morgan fingerprint density at radius 2 is 1.32 bits per heavy atom.